The number of hydrogen-bond acceptors (Lipinski definition) is 7. The van der Waals surface area contributed by atoms with Gasteiger partial charge < -0.3 is 8.94 Å². The highest BCUT2D eigenvalue weighted by atomic mass is 35.5. The minimum atomic E-state index is -3.45. The molecule has 0 amide bonds. The third kappa shape index (κ3) is 3.52. The molecule has 3 heterocycles. The zero-order chi connectivity index (χ0) is 15.6. The summed E-state index contributed by atoms with van der Waals surface area (Å²) in [5.41, 5.74) is 0.562. The molecule has 0 aliphatic heterocycles. The van der Waals surface area contributed by atoms with Crippen LogP contribution in [0.15, 0.2) is 45.7 Å². The monoisotopic (exact) mass is 339 g/mol. The third-order valence-corrected chi connectivity index (χ3v) is 4.38. The van der Waals surface area contributed by atoms with Crippen LogP contribution >= 0.6 is 11.6 Å². The molecule has 0 unspecified atom stereocenters. The first-order valence-corrected chi connectivity index (χ1v) is 8.39. The molecule has 0 N–H and O–H groups in total. The molecule has 9 heteroatoms. The van der Waals surface area contributed by atoms with Crippen molar-refractivity contribution in [3.05, 3.63) is 53.5 Å². The standard InChI is InChI=1S/C13H10ClN3O4S/c14-11-4-3-9(6-15-11)13-16-12(17-21-13)8-22(18,19)7-10-2-1-5-20-10/h1-6H,7-8H2. The van der Waals surface area contributed by atoms with Crippen LogP contribution in [0.4, 0.5) is 0 Å². The number of halogens is 1. The van der Waals surface area contributed by atoms with E-state index in [1.807, 2.05) is 0 Å². The van der Waals surface area contributed by atoms with Gasteiger partial charge in [-0.1, -0.05) is 16.8 Å². The van der Waals surface area contributed by atoms with Crippen LogP contribution < -0.4 is 0 Å². The molecule has 22 heavy (non-hydrogen) atoms. The summed E-state index contributed by atoms with van der Waals surface area (Å²) >= 11 is 5.69. The van der Waals surface area contributed by atoms with E-state index in [-0.39, 0.29) is 23.2 Å². The fourth-order valence-corrected chi connectivity index (χ4v) is 3.11. The van der Waals surface area contributed by atoms with Crippen molar-refractivity contribution in [3.8, 4) is 11.5 Å². The van der Waals surface area contributed by atoms with Crippen LogP contribution in [0.25, 0.3) is 11.5 Å². The van der Waals surface area contributed by atoms with E-state index in [9.17, 15) is 8.42 Å². The average molecular weight is 340 g/mol. The first-order valence-electron chi connectivity index (χ1n) is 6.19. The van der Waals surface area contributed by atoms with E-state index in [0.29, 0.717) is 16.5 Å². The Labute approximate surface area is 130 Å². The predicted octanol–water partition coefficient (Wildman–Crippen LogP) is 2.49. The van der Waals surface area contributed by atoms with Crippen LogP contribution in [-0.4, -0.2) is 23.5 Å². The van der Waals surface area contributed by atoms with Crippen LogP contribution in [0, 0.1) is 0 Å². The normalized spacial score (nSPS) is 11.7. The SMILES string of the molecule is O=S(=O)(Cc1noc(-c2ccc(Cl)nc2)n1)Cc1ccco1. The summed E-state index contributed by atoms with van der Waals surface area (Å²) in [5.74, 6) is 0.0828. The van der Waals surface area contributed by atoms with Gasteiger partial charge in [0, 0.05) is 6.20 Å². The third-order valence-electron chi connectivity index (χ3n) is 2.73. The van der Waals surface area contributed by atoms with E-state index >= 15 is 0 Å². The van der Waals surface area contributed by atoms with Crippen LogP contribution in [0.1, 0.15) is 11.6 Å². The molecule has 0 spiro atoms. The molecule has 0 saturated heterocycles. The Hall–Kier alpha value is -2.19. The molecule has 0 aliphatic carbocycles. The Morgan fingerprint density at radius 1 is 1.18 bits per heavy atom. The van der Waals surface area contributed by atoms with Crippen molar-refractivity contribution in [2.24, 2.45) is 0 Å². The van der Waals surface area contributed by atoms with Gasteiger partial charge in [-0.2, -0.15) is 4.98 Å². The van der Waals surface area contributed by atoms with E-state index in [2.05, 4.69) is 15.1 Å². The maximum absolute atomic E-state index is 12.0. The molecule has 0 bridgehead atoms. The van der Waals surface area contributed by atoms with E-state index in [1.54, 1.807) is 24.3 Å². The molecule has 7 nitrogen and oxygen atoms in total. The minimum absolute atomic E-state index is 0.0801. The molecule has 114 valence electrons. The number of rotatable bonds is 5. The van der Waals surface area contributed by atoms with Crippen LogP contribution in [0.5, 0.6) is 0 Å². The summed E-state index contributed by atoms with van der Waals surface area (Å²) in [7, 11) is -3.45. The van der Waals surface area contributed by atoms with Crippen molar-refractivity contribution in [1.82, 2.24) is 15.1 Å². The lowest BCUT2D eigenvalue weighted by Gasteiger charge is -1.98. The smallest absolute Gasteiger partial charge is 0.259 e. The summed E-state index contributed by atoms with van der Waals surface area (Å²) in [6, 6.07) is 6.46. The van der Waals surface area contributed by atoms with E-state index in [0.717, 1.165) is 0 Å². The van der Waals surface area contributed by atoms with Crippen molar-refractivity contribution in [1.29, 1.82) is 0 Å². The molecule has 0 fully saturated rings. The lowest BCUT2D eigenvalue weighted by molar-refractivity contribution is 0.424. The molecule has 0 aromatic carbocycles. The molecule has 3 aromatic heterocycles. The number of hydrogen-bond donors (Lipinski definition) is 0. The van der Waals surface area contributed by atoms with Crippen LogP contribution in [0.2, 0.25) is 5.15 Å². The average Bonchev–Trinajstić information content (AvgIpc) is 3.10. The molecule has 0 atom stereocenters. The van der Waals surface area contributed by atoms with Crippen molar-refractivity contribution in [3.63, 3.8) is 0 Å². The summed E-state index contributed by atoms with van der Waals surface area (Å²) in [5, 5.41) is 4.01. The molecule has 0 radical (unpaired) electrons. The van der Waals surface area contributed by atoms with E-state index in [1.165, 1.54) is 12.5 Å². The van der Waals surface area contributed by atoms with Gasteiger partial charge in [0.2, 0.25) is 0 Å². The van der Waals surface area contributed by atoms with Gasteiger partial charge in [-0.3, -0.25) is 0 Å². The number of aromatic nitrogens is 3. The van der Waals surface area contributed by atoms with Gasteiger partial charge in [0.05, 0.1) is 11.8 Å². The summed E-state index contributed by atoms with van der Waals surface area (Å²) < 4.78 is 34.2. The van der Waals surface area contributed by atoms with E-state index < -0.39 is 9.84 Å². The van der Waals surface area contributed by atoms with Gasteiger partial charge in [0.25, 0.3) is 5.89 Å². The van der Waals surface area contributed by atoms with Crippen LogP contribution in [-0.2, 0) is 21.3 Å². The molecule has 3 rings (SSSR count). The predicted molar refractivity (Wildman–Crippen MR) is 77.6 cm³/mol. The van der Waals surface area contributed by atoms with Gasteiger partial charge in [0.1, 0.15) is 22.4 Å². The number of nitrogens with zero attached hydrogens (tertiary/aromatic N) is 3. The van der Waals surface area contributed by atoms with Crippen molar-refractivity contribution < 1.29 is 17.4 Å². The molecule has 0 saturated carbocycles. The fourth-order valence-electron chi connectivity index (χ4n) is 1.79. The zero-order valence-corrected chi connectivity index (χ0v) is 12.7. The number of pyridine rings is 1. The van der Waals surface area contributed by atoms with Crippen molar-refractivity contribution >= 4 is 21.4 Å². The molecule has 0 aliphatic rings. The Bertz CT molecular complexity index is 857. The number of sulfone groups is 1. The quantitative estimate of drug-likeness (QED) is 0.658. The van der Waals surface area contributed by atoms with E-state index in [4.69, 9.17) is 20.5 Å². The highest BCUT2D eigenvalue weighted by Gasteiger charge is 2.19. The van der Waals surface area contributed by atoms with Crippen molar-refractivity contribution in [2.75, 3.05) is 0 Å². The van der Waals surface area contributed by atoms with Gasteiger partial charge in [-0.25, -0.2) is 13.4 Å². The molecular formula is C13H10ClN3O4S. The second kappa shape index (κ2) is 5.90. The van der Waals surface area contributed by atoms with Crippen LogP contribution in [0.3, 0.4) is 0 Å². The van der Waals surface area contributed by atoms with Gasteiger partial charge in [-0.15, -0.1) is 0 Å². The zero-order valence-electron chi connectivity index (χ0n) is 11.1. The lowest BCUT2D eigenvalue weighted by Crippen LogP contribution is -2.08. The highest BCUT2D eigenvalue weighted by Crippen LogP contribution is 2.19. The highest BCUT2D eigenvalue weighted by molar-refractivity contribution is 7.89. The van der Waals surface area contributed by atoms with Gasteiger partial charge in [0.15, 0.2) is 15.7 Å². The first kappa shape index (κ1) is 14.7. The number of furan rings is 1. The Kier molecular flexibility index (Phi) is 3.95. The van der Waals surface area contributed by atoms with Gasteiger partial charge in [-0.05, 0) is 24.3 Å². The second-order valence-electron chi connectivity index (χ2n) is 4.50. The summed E-state index contributed by atoms with van der Waals surface area (Å²) in [6.07, 6.45) is 2.89. The fraction of sp³-hybridized carbons (Fsp3) is 0.154. The Balaban J connectivity index is 1.75. The summed E-state index contributed by atoms with van der Waals surface area (Å²) in [6.45, 7) is 0. The minimum Gasteiger partial charge on any atom is -0.468 e. The Morgan fingerprint density at radius 3 is 2.73 bits per heavy atom. The summed E-state index contributed by atoms with van der Waals surface area (Å²) in [4.78, 5) is 7.95. The van der Waals surface area contributed by atoms with Gasteiger partial charge >= 0.3 is 0 Å². The lowest BCUT2D eigenvalue weighted by atomic mass is 10.3. The second-order valence-corrected chi connectivity index (χ2v) is 6.95. The Morgan fingerprint density at radius 2 is 2.05 bits per heavy atom. The maximum Gasteiger partial charge on any atom is 0.259 e. The van der Waals surface area contributed by atoms with Crippen molar-refractivity contribution in [2.45, 2.75) is 11.5 Å². The molecular weight excluding hydrogens is 330 g/mol. The largest absolute Gasteiger partial charge is 0.468 e. The topological polar surface area (TPSA) is 99.1 Å². The maximum atomic E-state index is 12.0. The molecule has 3 aromatic rings. The first-order chi connectivity index (χ1) is 10.5.